The second kappa shape index (κ2) is 9.39. The van der Waals surface area contributed by atoms with Gasteiger partial charge in [0.05, 0.1) is 11.1 Å². The van der Waals surface area contributed by atoms with Crippen LogP contribution >= 0.6 is 12.4 Å². The smallest absolute Gasteiger partial charge is 0.261 e. The monoisotopic (exact) mass is 353 g/mol. The van der Waals surface area contributed by atoms with Gasteiger partial charge in [-0.3, -0.25) is 19.3 Å². The summed E-state index contributed by atoms with van der Waals surface area (Å²) in [5, 5.41) is 5.90. The molecule has 0 saturated heterocycles. The van der Waals surface area contributed by atoms with Gasteiger partial charge in [-0.05, 0) is 31.2 Å². The molecule has 1 heterocycles. The van der Waals surface area contributed by atoms with E-state index < -0.39 is 0 Å². The SMILES string of the molecule is CCCCN1C(=O)c2ccc(C(=O)NCCNCC)cc2C1=O.Cl. The van der Waals surface area contributed by atoms with Gasteiger partial charge in [0, 0.05) is 25.2 Å². The number of nitrogens with one attached hydrogen (secondary N) is 2. The van der Waals surface area contributed by atoms with Crippen molar-refractivity contribution in [2.75, 3.05) is 26.2 Å². The van der Waals surface area contributed by atoms with Crippen molar-refractivity contribution < 1.29 is 14.4 Å². The lowest BCUT2D eigenvalue weighted by Crippen LogP contribution is -2.31. The minimum absolute atomic E-state index is 0. The molecule has 3 amide bonds. The molecule has 0 radical (unpaired) electrons. The number of amides is 3. The quantitative estimate of drug-likeness (QED) is 0.552. The summed E-state index contributed by atoms with van der Waals surface area (Å²) < 4.78 is 0. The molecule has 0 atom stereocenters. The maximum atomic E-state index is 12.4. The van der Waals surface area contributed by atoms with Gasteiger partial charge in [0.2, 0.25) is 0 Å². The van der Waals surface area contributed by atoms with Gasteiger partial charge in [-0.15, -0.1) is 12.4 Å². The number of hydrogen-bond acceptors (Lipinski definition) is 4. The Balaban J connectivity index is 0.00000288. The number of carbonyl (C=O) groups excluding carboxylic acids is 3. The maximum Gasteiger partial charge on any atom is 0.261 e. The lowest BCUT2D eigenvalue weighted by molar-refractivity contribution is 0.0652. The summed E-state index contributed by atoms with van der Waals surface area (Å²) in [6, 6.07) is 4.68. The Morgan fingerprint density at radius 3 is 2.46 bits per heavy atom. The Morgan fingerprint density at radius 2 is 1.79 bits per heavy atom. The van der Waals surface area contributed by atoms with Crippen LogP contribution in [-0.2, 0) is 0 Å². The Bertz CT molecular complexity index is 619. The van der Waals surface area contributed by atoms with Crippen molar-refractivity contribution in [1.29, 1.82) is 0 Å². The molecular weight excluding hydrogens is 330 g/mol. The van der Waals surface area contributed by atoms with Gasteiger partial charge in [0.1, 0.15) is 0 Å². The fraction of sp³-hybridized carbons (Fsp3) is 0.471. The van der Waals surface area contributed by atoms with Crippen molar-refractivity contribution >= 4 is 30.1 Å². The fourth-order valence-electron chi connectivity index (χ4n) is 2.49. The Kier molecular flexibility index (Phi) is 7.88. The van der Waals surface area contributed by atoms with Gasteiger partial charge in [-0.1, -0.05) is 20.3 Å². The number of benzene rings is 1. The summed E-state index contributed by atoms with van der Waals surface area (Å²) in [5.41, 5.74) is 1.11. The predicted molar refractivity (Wildman–Crippen MR) is 94.8 cm³/mol. The summed E-state index contributed by atoms with van der Waals surface area (Å²) >= 11 is 0. The van der Waals surface area contributed by atoms with E-state index in [-0.39, 0.29) is 30.1 Å². The number of imide groups is 1. The van der Waals surface area contributed by atoms with E-state index in [1.165, 1.54) is 11.0 Å². The van der Waals surface area contributed by atoms with Crippen molar-refractivity contribution in [3.05, 3.63) is 34.9 Å². The standard InChI is InChI=1S/C17H23N3O3.ClH/c1-3-5-10-20-16(22)13-7-6-12(11-14(13)17(20)23)15(21)19-9-8-18-4-2;/h6-7,11,18H,3-5,8-10H2,1-2H3,(H,19,21);1H. The number of rotatable bonds is 8. The summed E-state index contributed by atoms with van der Waals surface area (Å²) in [6.07, 6.45) is 1.69. The highest BCUT2D eigenvalue weighted by molar-refractivity contribution is 6.22. The first-order chi connectivity index (χ1) is 11.1. The van der Waals surface area contributed by atoms with Crippen LogP contribution in [0, 0.1) is 0 Å². The highest BCUT2D eigenvalue weighted by Crippen LogP contribution is 2.24. The first-order valence-electron chi connectivity index (χ1n) is 8.09. The Hall–Kier alpha value is -1.92. The topological polar surface area (TPSA) is 78.5 Å². The number of nitrogens with zero attached hydrogens (tertiary/aromatic N) is 1. The van der Waals surface area contributed by atoms with E-state index in [0.29, 0.717) is 36.3 Å². The van der Waals surface area contributed by atoms with Crippen molar-refractivity contribution in [1.82, 2.24) is 15.5 Å². The average Bonchev–Trinajstić information content (AvgIpc) is 2.80. The molecule has 2 N–H and O–H groups in total. The Morgan fingerprint density at radius 1 is 1.08 bits per heavy atom. The molecule has 0 aromatic heterocycles. The van der Waals surface area contributed by atoms with Crippen LogP contribution in [0.4, 0.5) is 0 Å². The molecule has 1 aliphatic rings. The third-order valence-electron chi connectivity index (χ3n) is 3.81. The zero-order valence-electron chi connectivity index (χ0n) is 14.1. The zero-order chi connectivity index (χ0) is 16.8. The molecule has 1 aliphatic heterocycles. The van der Waals surface area contributed by atoms with Crippen LogP contribution in [0.3, 0.4) is 0 Å². The predicted octanol–water partition coefficient (Wildman–Crippen LogP) is 1.84. The second-order valence-corrected chi connectivity index (χ2v) is 5.49. The minimum atomic E-state index is -0.305. The summed E-state index contributed by atoms with van der Waals surface area (Å²) in [6.45, 7) is 6.48. The van der Waals surface area contributed by atoms with E-state index >= 15 is 0 Å². The highest BCUT2D eigenvalue weighted by atomic mass is 35.5. The van der Waals surface area contributed by atoms with Gasteiger partial charge in [0.15, 0.2) is 0 Å². The van der Waals surface area contributed by atoms with Crippen LogP contribution in [0.1, 0.15) is 57.8 Å². The number of carbonyl (C=O) groups is 3. The number of likely N-dealkylation sites (N-methyl/N-ethyl adjacent to an activating group) is 1. The zero-order valence-corrected chi connectivity index (χ0v) is 14.9. The van der Waals surface area contributed by atoms with Crippen LogP contribution < -0.4 is 10.6 Å². The summed E-state index contributed by atoms with van der Waals surface area (Å²) in [4.78, 5) is 38.0. The van der Waals surface area contributed by atoms with E-state index in [0.717, 1.165) is 19.4 Å². The number of unbranched alkanes of at least 4 members (excludes halogenated alkanes) is 1. The van der Waals surface area contributed by atoms with Crippen LogP contribution in [0.5, 0.6) is 0 Å². The molecule has 24 heavy (non-hydrogen) atoms. The molecule has 0 unspecified atom stereocenters. The molecular formula is C17H24ClN3O3. The fourth-order valence-corrected chi connectivity index (χ4v) is 2.49. The number of hydrogen-bond donors (Lipinski definition) is 2. The van der Waals surface area contributed by atoms with Gasteiger partial charge < -0.3 is 10.6 Å². The molecule has 0 fully saturated rings. The lowest BCUT2D eigenvalue weighted by atomic mass is 10.1. The van der Waals surface area contributed by atoms with E-state index in [2.05, 4.69) is 10.6 Å². The second-order valence-electron chi connectivity index (χ2n) is 5.49. The van der Waals surface area contributed by atoms with Gasteiger partial charge in [0.25, 0.3) is 17.7 Å². The molecule has 2 rings (SSSR count). The van der Waals surface area contributed by atoms with E-state index in [1.54, 1.807) is 12.1 Å². The van der Waals surface area contributed by atoms with Crippen LogP contribution in [-0.4, -0.2) is 48.8 Å². The first-order valence-corrected chi connectivity index (χ1v) is 8.09. The van der Waals surface area contributed by atoms with Gasteiger partial charge in [-0.2, -0.15) is 0 Å². The third-order valence-corrected chi connectivity index (χ3v) is 3.81. The van der Waals surface area contributed by atoms with Crippen molar-refractivity contribution in [3.8, 4) is 0 Å². The molecule has 0 saturated carbocycles. The maximum absolute atomic E-state index is 12.4. The molecule has 0 aliphatic carbocycles. The lowest BCUT2D eigenvalue weighted by Gasteiger charge is -2.12. The molecule has 1 aromatic carbocycles. The third kappa shape index (κ3) is 4.33. The molecule has 0 spiro atoms. The van der Waals surface area contributed by atoms with E-state index in [1.807, 2.05) is 13.8 Å². The van der Waals surface area contributed by atoms with Gasteiger partial charge in [-0.25, -0.2) is 0 Å². The van der Waals surface area contributed by atoms with Crippen LogP contribution in [0.15, 0.2) is 18.2 Å². The van der Waals surface area contributed by atoms with Crippen LogP contribution in [0.2, 0.25) is 0 Å². The Labute approximate surface area is 148 Å². The molecule has 0 bridgehead atoms. The average molecular weight is 354 g/mol. The van der Waals surface area contributed by atoms with E-state index in [9.17, 15) is 14.4 Å². The first kappa shape index (κ1) is 20.1. The largest absolute Gasteiger partial charge is 0.351 e. The molecule has 7 heteroatoms. The minimum Gasteiger partial charge on any atom is -0.351 e. The van der Waals surface area contributed by atoms with E-state index in [4.69, 9.17) is 0 Å². The summed E-state index contributed by atoms with van der Waals surface area (Å²) in [5.74, 6) is -0.809. The molecule has 132 valence electrons. The van der Waals surface area contributed by atoms with Gasteiger partial charge >= 0.3 is 0 Å². The van der Waals surface area contributed by atoms with Crippen molar-refractivity contribution in [3.63, 3.8) is 0 Å². The normalized spacial score (nSPS) is 12.8. The van der Waals surface area contributed by atoms with Crippen molar-refractivity contribution in [2.45, 2.75) is 26.7 Å². The highest BCUT2D eigenvalue weighted by Gasteiger charge is 2.35. The van der Waals surface area contributed by atoms with Crippen molar-refractivity contribution in [2.24, 2.45) is 0 Å². The molecule has 6 nitrogen and oxygen atoms in total. The summed E-state index contributed by atoms with van der Waals surface area (Å²) in [7, 11) is 0. The number of fused-ring (bicyclic) bond motifs is 1. The molecule has 1 aromatic rings. The number of halogens is 1. The van der Waals surface area contributed by atoms with Crippen LogP contribution in [0.25, 0.3) is 0 Å².